The number of Topliss-reactive ketones (excluding diaryl/α,β-unsaturated/α-hetero) is 1. The molecule has 0 N–H and O–H groups in total. The van der Waals surface area contributed by atoms with Crippen LogP contribution in [0.25, 0.3) is 0 Å². The van der Waals surface area contributed by atoms with Gasteiger partial charge in [-0.15, -0.1) is 0 Å². The molecule has 2 rings (SSSR count). The number of carbonyl (C=O) groups is 2. The first-order chi connectivity index (χ1) is 10.2. The third-order valence-corrected chi connectivity index (χ3v) is 2.72. The van der Waals surface area contributed by atoms with Crippen LogP contribution in [0.4, 0.5) is 0 Å². The van der Waals surface area contributed by atoms with Gasteiger partial charge in [0.1, 0.15) is 6.42 Å². The van der Waals surface area contributed by atoms with Crippen LogP contribution in [0.5, 0.6) is 0 Å². The van der Waals surface area contributed by atoms with Gasteiger partial charge in [0.2, 0.25) is 0 Å². The molecular weight excluding hydrogens is 266 g/mol. The van der Waals surface area contributed by atoms with Crippen molar-refractivity contribution in [1.82, 2.24) is 4.98 Å². The summed E-state index contributed by atoms with van der Waals surface area (Å²) in [6.07, 6.45) is 2.69. The van der Waals surface area contributed by atoms with Crippen LogP contribution < -0.4 is 0 Å². The molecule has 0 amide bonds. The van der Waals surface area contributed by atoms with Crippen LogP contribution in [0.3, 0.4) is 0 Å². The smallest absolute Gasteiger partial charge is 0.313 e. The van der Waals surface area contributed by atoms with Gasteiger partial charge >= 0.3 is 5.97 Å². The van der Waals surface area contributed by atoms with E-state index in [-0.39, 0.29) is 12.2 Å². The van der Waals surface area contributed by atoms with E-state index in [2.05, 4.69) is 21.6 Å². The van der Waals surface area contributed by atoms with Gasteiger partial charge in [-0.1, -0.05) is 30.0 Å². The van der Waals surface area contributed by atoms with Gasteiger partial charge in [-0.05, 0) is 18.2 Å². The number of esters is 1. The third kappa shape index (κ3) is 4.29. The number of hydrogen-bond donors (Lipinski definition) is 0. The molecule has 0 spiro atoms. The third-order valence-electron chi connectivity index (χ3n) is 2.72. The van der Waals surface area contributed by atoms with Crippen molar-refractivity contribution in [3.8, 4) is 11.8 Å². The number of benzene rings is 1. The number of hydrogen-bond acceptors (Lipinski definition) is 4. The first-order valence-electron chi connectivity index (χ1n) is 6.31. The minimum atomic E-state index is -0.569. The molecule has 0 aliphatic carbocycles. The molecule has 4 nitrogen and oxygen atoms in total. The van der Waals surface area contributed by atoms with E-state index in [1.54, 1.807) is 12.3 Å². The number of methoxy groups -OCH3 is 1. The average molecular weight is 279 g/mol. The Kier molecular flexibility index (Phi) is 4.84. The first-order valence-corrected chi connectivity index (χ1v) is 6.31. The zero-order chi connectivity index (χ0) is 15.1. The van der Waals surface area contributed by atoms with Crippen LogP contribution in [0.1, 0.15) is 27.9 Å². The molecule has 1 aromatic heterocycles. The molecule has 0 radical (unpaired) electrons. The van der Waals surface area contributed by atoms with Crippen molar-refractivity contribution in [2.24, 2.45) is 0 Å². The topological polar surface area (TPSA) is 56.3 Å². The maximum atomic E-state index is 11.9. The zero-order valence-electron chi connectivity index (χ0n) is 11.5. The Morgan fingerprint density at radius 3 is 2.52 bits per heavy atom. The number of ketones is 1. The second-order valence-corrected chi connectivity index (χ2v) is 4.25. The Morgan fingerprint density at radius 1 is 1.10 bits per heavy atom. The Bertz CT molecular complexity index is 712. The summed E-state index contributed by atoms with van der Waals surface area (Å²) < 4.78 is 4.47. The molecule has 1 heterocycles. The standard InChI is InChI=1S/C17H13NO3/c1-21-17(20)10-16(19)15-9-14(11-18-12-15)8-7-13-5-3-2-4-6-13/h2-6,9,11-12H,10H2,1H3. The highest BCUT2D eigenvalue weighted by atomic mass is 16.5. The quantitative estimate of drug-likeness (QED) is 0.374. The zero-order valence-corrected chi connectivity index (χ0v) is 11.5. The number of pyridine rings is 1. The minimum Gasteiger partial charge on any atom is -0.469 e. The second kappa shape index (κ2) is 7.01. The molecule has 0 saturated heterocycles. The van der Waals surface area contributed by atoms with Crippen molar-refractivity contribution in [2.45, 2.75) is 6.42 Å². The fourth-order valence-electron chi connectivity index (χ4n) is 1.63. The largest absolute Gasteiger partial charge is 0.469 e. The normalized spacial score (nSPS) is 9.38. The summed E-state index contributed by atoms with van der Waals surface area (Å²) in [7, 11) is 1.25. The van der Waals surface area contributed by atoms with Gasteiger partial charge in [-0.3, -0.25) is 14.6 Å². The highest BCUT2D eigenvalue weighted by Gasteiger charge is 2.12. The lowest BCUT2D eigenvalue weighted by Gasteiger charge is -2.00. The van der Waals surface area contributed by atoms with Crippen molar-refractivity contribution in [2.75, 3.05) is 7.11 Å². The minimum absolute atomic E-state index is 0.298. The predicted molar refractivity (Wildman–Crippen MR) is 77.6 cm³/mol. The van der Waals surface area contributed by atoms with E-state index in [4.69, 9.17) is 0 Å². The molecule has 104 valence electrons. The molecule has 2 aromatic rings. The molecule has 0 aliphatic rings. The summed E-state index contributed by atoms with van der Waals surface area (Å²) in [6, 6.07) is 11.1. The fourth-order valence-corrected chi connectivity index (χ4v) is 1.63. The van der Waals surface area contributed by atoms with Gasteiger partial charge in [0, 0.05) is 29.1 Å². The molecule has 21 heavy (non-hydrogen) atoms. The number of aromatic nitrogens is 1. The van der Waals surface area contributed by atoms with Crippen molar-refractivity contribution >= 4 is 11.8 Å². The summed E-state index contributed by atoms with van der Waals surface area (Å²) in [5.41, 5.74) is 1.85. The van der Waals surface area contributed by atoms with Crippen molar-refractivity contribution in [3.05, 3.63) is 65.5 Å². The van der Waals surface area contributed by atoms with Crippen LogP contribution in [-0.4, -0.2) is 23.8 Å². The molecule has 0 saturated carbocycles. The van der Waals surface area contributed by atoms with Gasteiger partial charge in [-0.2, -0.15) is 0 Å². The highest BCUT2D eigenvalue weighted by molar-refractivity contribution is 6.05. The highest BCUT2D eigenvalue weighted by Crippen LogP contribution is 2.06. The first kappa shape index (κ1) is 14.5. The summed E-state index contributed by atoms with van der Waals surface area (Å²) in [4.78, 5) is 26.9. The van der Waals surface area contributed by atoms with E-state index in [9.17, 15) is 9.59 Å². The van der Waals surface area contributed by atoms with E-state index in [1.807, 2.05) is 30.3 Å². The lowest BCUT2D eigenvalue weighted by molar-refractivity contribution is -0.139. The van der Waals surface area contributed by atoms with E-state index in [0.717, 1.165) is 5.56 Å². The lowest BCUT2D eigenvalue weighted by atomic mass is 10.1. The molecule has 0 aliphatic heterocycles. The molecule has 0 bridgehead atoms. The van der Waals surface area contributed by atoms with Crippen LogP contribution in [0, 0.1) is 11.8 Å². The SMILES string of the molecule is COC(=O)CC(=O)c1cncc(C#Cc2ccccc2)c1. The summed E-state index contributed by atoms with van der Waals surface area (Å²) >= 11 is 0. The van der Waals surface area contributed by atoms with Crippen LogP contribution in [-0.2, 0) is 9.53 Å². The van der Waals surface area contributed by atoms with Gasteiger partial charge in [0.05, 0.1) is 7.11 Å². The van der Waals surface area contributed by atoms with E-state index in [0.29, 0.717) is 11.1 Å². The van der Waals surface area contributed by atoms with Gasteiger partial charge < -0.3 is 4.74 Å². The van der Waals surface area contributed by atoms with Crippen LogP contribution in [0.2, 0.25) is 0 Å². The average Bonchev–Trinajstić information content (AvgIpc) is 2.54. The predicted octanol–water partition coefficient (Wildman–Crippen LogP) is 2.23. The Balaban J connectivity index is 2.17. The van der Waals surface area contributed by atoms with Gasteiger partial charge in [0.25, 0.3) is 0 Å². The summed E-state index contributed by atoms with van der Waals surface area (Å²) in [5.74, 6) is 5.02. The van der Waals surface area contributed by atoms with E-state index in [1.165, 1.54) is 13.3 Å². The lowest BCUT2D eigenvalue weighted by Crippen LogP contribution is -2.09. The number of carbonyl (C=O) groups excluding carboxylic acids is 2. The molecular formula is C17H13NO3. The number of ether oxygens (including phenoxy) is 1. The molecule has 4 heteroatoms. The maximum absolute atomic E-state index is 11.9. The summed E-state index contributed by atoms with van der Waals surface area (Å²) in [5, 5.41) is 0. The number of rotatable bonds is 3. The Morgan fingerprint density at radius 2 is 1.81 bits per heavy atom. The molecule has 1 aromatic carbocycles. The van der Waals surface area contributed by atoms with Crippen molar-refractivity contribution < 1.29 is 14.3 Å². The Hall–Kier alpha value is -2.93. The fraction of sp³-hybridized carbons (Fsp3) is 0.118. The summed E-state index contributed by atoms with van der Waals surface area (Å²) in [6.45, 7) is 0. The van der Waals surface area contributed by atoms with Crippen molar-refractivity contribution in [1.29, 1.82) is 0 Å². The number of nitrogens with zero attached hydrogens (tertiary/aromatic N) is 1. The van der Waals surface area contributed by atoms with E-state index >= 15 is 0 Å². The monoisotopic (exact) mass is 279 g/mol. The molecule has 0 atom stereocenters. The molecule has 0 fully saturated rings. The molecule has 0 unspecified atom stereocenters. The maximum Gasteiger partial charge on any atom is 0.313 e. The van der Waals surface area contributed by atoms with Gasteiger partial charge in [0.15, 0.2) is 5.78 Å². The Labute approximate surface area is 122 Å². The van der Waals surface area contributed by atoms with Crippen LogP contribution in [0.15, 0.2) is 48.8 Å². The van der Waals surface area contributed by atoms with Gasteiger partial charge in [-0.25, -0.2) is 0 Å². The van der Waals surface area contributed by atoms with Crippen LogP contribution >= 0.6 is 0 Å². The second-order valence-electron chi connectivity index (χ2n) is 4.25. The van der Waals surface area contributed by atoms with Crippen molar-refractivity contribution in [3.63, 3.8) is 0 Å². The van der Waals surface area contributed by atoms with E-state index < -0.39 is 5.97 Å².